The predicted molar refractivity (Wildman–Crippen MR) is 130 cm³/mol. The first-order valence-corrected chi connectivity index (χ1v) is 11.8. The van der Waals surface area contributed by atoms with Crippen LogP contribution < -0.4 is 10.6 Å². The lowest BCUT2D eigenvalue weighted by molar-refractivity contribution is 0.0941. The molecule has 0 saturated carbocycles. The monoisotopic (exact) mass is 436 g/mol. The van der Waals surface area contributed by atoms with Gasteiger partial charge in [0.15, 0.2) is 5.13 Å². The minimum absolute atomic E-state index is 0.0237. The molecule has 0 aliphatic carbocycles. The Hall–Kier alpha value is -2.70. The summed E-state index contributed by atoms with van der Waals surface area (Å²) in [6.45, 7) is 10.8. The van der Waals surface area contributed by atoms with Crippen LogP contribution in [0.1, 0.15) is 46.8 Å². The Labute approximate surface area is 189 Å². The topological polar surface area (TPSA) is 57.3 Å². The first-order chi connectivity index (χ1) is 15.1. The molecule has 1 aliphatic heterocycles. The molecule has 1 atom stereocenters. The van der Waals surface area contributed by atoms with E-state index in [2.05, 4.69) is 57.8 Å². The van der Waals surface area contributed by atoms with E-state index in [9.17, 15) is 4.79 Å². The molecular formula is C25H32N4OS. The van der Waals surface area contributed by atoms with Gasteiger partial charge in [0, 0.05) is 31.4 Å². The van der Waals surface area contributed by atoms with Crippen LogP contribution >= 0.6 is 11.3 Å². The van der Waals surface area contributed by atoms with Crippen LogP contribution in [0.15, 0.2) is 54.6 Å². The van der Waals surface area contributed by atoms with Crippen molar-refractivity contribution in [1.82, 2.24) is 15.2 Å². The fourth-order valence-electron chi connectivity index (χ4n) is 3.68. The number of aromatic nitrogens is 1. The number of nitrogens with zero attached hydrogens (tertiary/aromatic N) is 2. The molecule has 3 aromatic rings. The summed E-state index contributed by atoms with van der Waals surface area (Å²) in [5, 5.41) is 7.29. The van der Waals surface area contributed by atoms with Crippen LogP contribution in [0.3, 0.4) is 0 Å². The number of rotatable bonds is 6. The number of carbonyl (C=O) groups is 1. The summed E-state index contributed by atoms with van der Waals surface area (Å²) in [6, 6.07) is 18.7. The van der Waals surface area contributed by atoms with E-state index >= 15 is 0 Å². The Morgan fingerprint density at radius 1 is 1.10 bits per heavy atom. The summed E-state index contributed by atoms with van der Waals surface area (Å²) in [7, 11) is 0. The summed E-state index contributed by atoms with van der Waals surface area (Å²) >= 11 is 1.41. The zero-order valence-corrected chi connectivity index (χ0v) is 19.6. The molecule has 2 aromatic carbocycles. The number of anilines is 2. The molecule has 1 aliphatic rings. The van der Waals surface area contributed by atoms with Crippen molar-refractivity contribution < 1.29 is 4.79 Å². The number of nitrogens with one attached hydrogen (secondary N) is 2. The standard InChI is InChI=1S/C23H26N4OS.C2H6/c1-16-8-6-7-11-20(16)26-23-24-17(2)21(29-23)22(28)25-19-12-13-27(15-19)14-18-9-4-3-5-10-18;1-2/h3-11,19H,12-15H2,1-2H3,(H,24,26)(H,25,28);1-2H3. The first kappa shape index (κ1) is 23.0. The fraction of sp³-hybridized carbons (Fsp3) is 0.360. The lowest BCUT2D eigenvalue weighted by atomic mass is 10.2. The molecule has 31 heavy (non-hydrogen) atoms. The molecule has 1 saturated heterocycles. The second kappa shape index (κ2) is 11.1. The quantitative estimate of drug-likeness (QED) is 0.533. The Bertz CT molecular complexity index is 986. The van der Waals surface area contributed by atoms with Crippen molar-refractivity contribution in [3.63, 3.8) is 0 Å². The molecular weight excluding hydrogens is 404 g/mol. The zero-order chi connectivity index (χ0) is 22.2. The zero-order valence-electron chi connectivity index (χ0n) is 18.8. The molecule has 2 N–H and O–H groups in total. The second-order valence-electron chi connectivity index (χ2n) is 7.55. The maximum atomic E-state index is 12.8. The van der Waals surface area contributed by atoms with Crippen molar-refractivity contribution in [2.75, 3.05) is 18.4 Å². The van der Waals surface area contributed by atoms with Crippen molar-refractivity contribution in [1.29, 1.82) is 0 Å². The van der Waals surface area contributed by atoms with E-state index in [1.54, 1.807) is 0 Å². The van der Waals surface area contributed by atoms with Crippen LogP contribution in [0, 0.1) is 13.8 Å². The van der Waals surface area contributed by atoms with Crippen LogP contribution in [0.4, 0.5) is 10.8 Å². The van der Waals surface area contributed by atoms with Gasteiger partial charge >= 0.3 is 0 Å². The van der Waals surface area contributed by atoms with Gasteiger partial charge in [-0.3, -0.25) is 9.69 Å². The minimum Gasteiger partial charge on any atom is -0.347 e. The van der Waals surface area contributed by atoms with E-state index in [1.807, 2.05) is 45.0 Å². The van der Waals surface area contributed by atoms with Gasteiger partial charge in [0.05, 0.1) is 5.69 Å². The van der Waals surface area contributed by atoms with Gasteiger partial charge in [0.25, 0.3) is 5.91 Å². The maximum absolute atomic E-state index is 12.8. The summed E-state index contributed by atoms with van der Waals surface area (Å²) < 4.78 is 0. The number of thiazole rings is 1. The van der Waals surface area contributed by atoms with E-state index in [-0.39, 0.29) is 11.9 Å². The van der Waals surface area contributed by atoms with E-state index in [0.29, 0.717) is 4.88 Å². The van der Waals surface area contributed by atoms with Crippen LogP contribution in [0.5, 0.6) is 0 Å². The molecule has 1 unspecified atom stereocenters. The van der Waals surface area contributed by atoms with Crippen LogP contribution in [-0.2, 0) is 6.54 Å². The van der Waals surface area contributed by atoms with Crippen molar-refractivity contribution in [2.45, 2.75) is 46.7 Å². The molecule has 0 bridgehead atoms. The molecule has 1 amide bonds. The molecule has 5 nitrogen and oxygen atoms in total. The van der Waals surface area contributed by atoms with Crippen LogP contribution in [0.25, 0.3) is 0 Å². The van der Waals surface area contributed by atoms with Crippen molar-refractivity contribution >= 4 is 28.1 Å². The van der Waals surface area contributed by atoms with Gasteiger partial charge in [-0.2, -0.15) is 0 Å². The number of para-hydroxylation sites is 1. The largest absolute Gasteiger partial charge is 0.347 e. The van der Waals surface area contributed by atoms with E-state index in [0.717, 1.165) is 48.1 Å². The van der Waals surface area contributed by atoms with Crippen LogP contribution in [-0.4, -0.2) is 34.9 Å². The number of aryl methyl sites for hydroxylation is 2. The predicted octanol–water partition coefficient (Wildman–Crippen LogP) is 5.53. The van der Waals surface area contributed by atoms with Gasteiger partial charge in [-0.25, -0.2) is 4.98 Å². The highest BCUT2D eigenvalue weighted by atomic mass is 32.1. The van der Waals surface area contributed by atoms with Crippen molar-refractivity contribution in [3.05, 3.63) is 76.3 Å². The lowest BCUT2D eigenvalue weighted by Crippen LogP contribution is -2.36. The van der Waals surface area contributed by atoms with E-state index in [1.165, 1.54) is 16.9 Å². The highest BCUT2D eigenvalue weighted by Crippen LogP contribution is 2.27. The SMILES string of the molecule is CC.Cc1ccccc1Nc1nc(C)c(C(=O)NC2CCN(Cc3ccccc3)C2)s1. The Morgan fingerprint density at radius 2 is 1.81 bits per heavy atom. The summed E-state index contributed by atoms with van der Waals surface area (Å²) in [6.07, 6.45) is 0.977. The lowest BCUT2D eigenvalue weighted by Gasteiger charge is -2.16. The molecule has 0 radical (unpaired) electrons. The van der Waals surface area contributed by atoms with Gasteiger partial charge in [-0.15, -0.1) is 0 Å². The van der Waals surface area contributed by atoms with Gasteiger partial charge < -0.3 is 10.6 Å². The summed E-state index contributed by atoms with van der Waals surface area (Å²) in [5.74, 6) is -0.0237. The van der Waals surface area contributed by atoms with Gasteiger partial charge in [0.2, 0.25) is 0 Å². The molecule has 1 aromatic heterocycles. The van der Waals surface area contributed by atoms with Crippen molar-refractivity contribution in [3.8, 4) is 0 Å². The average molecular weight is 437 g/mol. The third-order valence-corrected chi connectivity index (χ3v) is 6.32. The molecule has 6 heteroatoms. The number of hydrogen-bond donors (Lipinski definition) is 2. The third-order valence-electron chi connectivity index (χ3n) is 5.25. The molecule has 0 spiro atoms. The number of hydrogen-bond acceptors (Lipinski definition) is 5. The minimum atomic E-state index is -0.0237. The number of carbonyl (C=O) groups excluding carboxylic acids is 1. The fourth-order valence-corrected chi connectivity index (χ4v) is 4.56. The normalized spacial score (nSPS) is 15.8. The number of likely N-dealkylation sites (tertiary alicyclic amines) is 1. The average Bonchev–Trinajstić information content (AvgIpc) is 3.37. The van der Waals surface area contributed by atoms with Gasteiger partial charge in [-0.05, 0) is 37.5 Å². The Morgan fingerprint density at radius 3 is 2.55 bits per heavy atom. The highest BCUT2D eigenvalue weighted by Gasteiger charge is 2.25. The van der Waals surface area contributed by atoms with E-state index < -0.39 is 0 Å². The molecule has 1 fully saturated rings. The number of benzene rings is 2. The first-order valence-electron chi connectivity index (χ1n) is 11.0. The Balaban J connectivity index is 0.00000132. The second-order valence-corrected chi connectivity index (χ2v) is 8.55. The van der Waals surface area contributed by atoms with Gasteiger partial charge in [-0.1, -0.05) is 73.7 Å². The highest BCUT2D eigenvalue weighted by molar-refractivity contribution is 7.17. The summed E-state index contributed by atoms with van der Waals surface area (Å²) in [4.78, 5) is 20.5. The van der Waals surface area contributed by atoms with E-state index in [4.69, 9.17) is 0 Å². The maximum Gasteiger partial charge on any atom is 0.263 e. The third kappa shape index (κ3) is 6.15. The molecule has 4 rings (SSSR count). The molecule has 2 heterocycles. The van der Waals surface area contributed by atoms with Crippen molar-refractivity contribution in [2.24, 2.45) is 0 Å². The van der Waals surface area contributed by atoms with Crippen LogP contribution in [0.2, 0.25) is 0 Å². The smallest absolute Gasteiger partial charge is 0.263 e. The van der Waals surface area contributed by atoms with Gasteiger partial charge in [0.1, 0.15) is 4.88 Å². The summed E-state index contributed by atoms with van der Waals surface area (Å²) in [5.41, 5.74) is 4.24. The molecule has 164 valence electrons. The number of amides is 1. The Kier molecular flexibility index (Phi) is 8.20.